The van der Waals surface area contributed by atoms with Crippen LogP contribution in [0.4, 0.5) is 5.88 Å². The summed E-state index contributed by atoms with van der Waals surface area (Å²) in [5.41, 5.74) is 3.39. The average molecular weight is 399 g/mol. The number of carbonyl (C=O) groups excluding carboxylic acids is 2. The van der Waals surface area contributed by atoms with Crippen molar-refractivity contribution >= 4 is 29.1 Å². The van der Waals surface area contributed by atoms with Crippen LogP contribution >= 0.6 is 11.3 Å². The summed E-state index contributed by atoms with van der Waals surface area (Å²) >= 11 is 1.25. The molecule has 7 nitrogen and oxygen atoms in total. The van der Waals surface area contributed by atoms with Crippen LogP contribution in [0.15, 0.2) is 34.9 Å². The van der Waals surface area contributed by atoms with Crippen LogP contribution in [0.5, 0.6) is 0 Å². The van der Waals surface area contributed by atoms with Crippen molar-refractivity contribution in [3.63, 3.8) is 0 Å². The Bertz CT molecular complexity index is 991. The maximum absolute atomic E-state index is 12.5. The molecule has 146 valence electrons. The van der Waals surface area contributed by atoms with E-state index in [0.29, 0.717) is 16.3 Å². The number of carbonyl (C=O) groups is 2. The van der Waals surface area contributed by atoms with Crippen molar-refractivity contribution in [2.75, 3.05) is 5.32 Å². The molecule has 1 aromatic carbocycles. The van der Waals surface area contributed by atoms with Crippen molar-refractivity contribution in [3.8, 4) is 10.6 Å². The molecule has 2 aromatic heterocycles. The third-order valence-electron chi connectivity index (χ3n) is 4.12. The second kappa shape index (κ2) is 8.35. The quantitative estimate of drug-likeness (QED) is 0.626. The standard InChI is InChI=1S/C20H21N3O4S/c1-5-14-6-8-15(9-7-14)19-21-12(3)17(28-19)20(25)26-13(4)18(24)22-16-10-11(2)23-27-16/h6-10,13H,5H2,1-4H3,(H,22,24)/t13-/m0/s1. The van der Waals surface area contributed by atoms with E-state index < -0.39 is 18.0 Å². The molecule has 0 unspecified atom stereocenters. The van der Waals surface area contributed by atoms with Gasteiger partial charge in [0.25, 0.3) is 5.91 Å². The molecule has 1 amide bonds. The highest BCUT2D eigenvalue weighted by Crippen LogP contribution is 2.29. The van der Waals surface area contributed by atoms with Crippen molar-refractivity contribution < 1.29 is 18.8 Å². The van der Waals surface area contributed by atoms with E-state index in [1.807, 2.05) is 24.3 Å². The average Bonchev–Trinajstić information content (AvgIpc) is 3.27. The van der Waals surface area contributed by atoms with Gasteiger partial charge in [-0.25, -0.2) is 9.78 Å². The SMILES string of the molecule is CCc1ccc(-c2nc(C)c(C(=O)O[C@@H](C)C(=O)Nc3cc(C)no3)s2)cc1. The summed E-state index contributed by atoms with van der Waals surface area (Å²) in [6.07, 6.45) is -0.0331. The highest BCUT2D eigenvalue weighted by atomic mass is 32.1. The van der Waals surface area contributed by atoms with E-state index in [1.54, 1.807) is 19.9 Å². The van der Waals surface area contributed by atoms with E-state index in [0.717, 1.165) is 17.0 Å². The number of nitrogens with zero attached hydrogens (tertiary/aromatic N) is 2. The fourth-order valence-corrected chi connectivity index (χ4v) is 3.46. The van der Waals surface area contributed by atoms with Gasteiger partial charge in [0.2, 0.25) is 5.88 Å². The van der Waals surface area contributed by atoms with Gasteiger partial charge in [-0.3, -0.25) is 10.1 Å². The summed E-state index contributed by atoms with van der Waals surface area (Å²) in [7, 11) is 0. The van der Waals surface area contributed by atoms with Gasteiger partial charge >= 0.3 is 5.97 Å². The minimum absolute atomic E-state index is 0.206. The molecule has 2 heterocycles. The molecule has 0 radical (unpaired) electrons. The molecule has 8 heteroatoms. The van der Waals surface area contributed by atoms with E-state index in [9.17, 15) is 9.59 Å². The Morgan fingerprint density at radius 3 is 2.57 bits per heavy atom. The minimum atomic E-state index is -0.994. The summed E-state index contributed by atoms with van der Waals surface area (Å²) in [5, 5.41) is 6.94. The fraction of sp³-hybridized carbons (Fsp3) is 0.300. The number of rotatable bonds is 6. The van der Waals surface area contributed by atoms with E-state index in [1.165, 1.54) is 23.8 Å². The first kappa shape index (κ1) is 19.8. The number of aryl methyl sites for hydroxylation is 3. The lowest BCUT2D eigenvalue weighted by molar-refractivity contribution is -0.123. The number of hydrogen-bond acceptors (Lipinski definition) is 7. The molecule has 0 aliphatic heterocycles. The number of ether oxygens (including phenoxy) is 1. The van der Waals surface area contributed by atoms with Gasteiger partial charge < -0.3 is 9.26 Å². The van der Waals surface area contributed by atoms with E-state index >= 15 is 0 Å². The zero-order valence-electron chi connectivity index (χ0n) is 16.1. The normalized spacial score (nSPS) is 11.9. The van der Waals surface area contributed by atoms with Crippen LogP contribution in [0.25, 0.3) is 10.6 Å². The summed E-state index contributed by atoms with van der Waals surface area (Å²) < 4.78 is 10.2. The van der Waals surface area contributed by atoms with Crippen LogP contribution in [0.2, 0.25) is 0 Å². The largest absolute Gasteiger partial charge is 0.448 e. The van der Waals surface area contributed by atoms with Gasteiger partial charge in [-0.1, -0.05) is 36.3 Å². The van der Waals surface area contributed by atoms with Gasteiger partial charge in [0.1, 0.15) is 9.88 Å². The maximum Gasteiger partial charge on any atom is 0.351 e. The lowest BCUT2D eigenvalue weighted by atomic mass is 10.1. The van der Waals surface area contributed by atoms with Crippen LogP contribution in [0, 0.1) is 13.8 Å². The van der Waals surface area contributed by atoms with E-state index in [4.69, 9.17) is 9.26 Å². The second-order valence-electron chi connectivity index (χ2n) is 6.35. The molecule has 28 heavy (non-hydrogen) atoms. The smallest absolute Gasteiger partial charge is 0.351 e. The first-order chi connectivity index (χ1) is 13.4. The number of thiazole rings is 1. The van der Waals surface area contributed by atoms with Crippen LogP contribution in [0.1, 0.15) is 40.5 Å². The fourth-order valence-electron chi connectivity index (χ4n) is 2.51. The lowest BCUT2D eigenvalue weighted by Crippen LogP contribution is -2.29. The van der Waals surface area contributed by atoms with Crippen molar-refractivity contribution in [3.05, 3.63) is 52.2 Å². The molecule has 0 aliphatic rings. The predicted molar refractivity (Wildman–Crippen MR) is 106 cm³/mol. The Morgan fingerprint density at radius 1 is 1.25 bits per heavy atom. The number of aromatic nitrogens is 2. The molecular weight excluding hydrogens is 378 g/mol. The summed E-state index contributed by atoms with van der Waals surface area (Å²) in [5.74, 6) is -0.873. The number of nitrogens with one attached hydrogen (secondary N) is 1. The number of anilines is 1. The molecule has 0 spiro atoms. The zero-order valence-corrected chi connectivity index (χ0v) is 16.9. The van der Waals surface area contributed by atoms with Gasteiger partial charge in [0, 0.05) is 11.6 Å². The minimum Gasteiger partial charge on any atom is -0.448 e. The van der Waals surface area contributed by atoms with Crippen molar-refractivity contribution in [1.29, 1.82) is 0 Å². The topological polar surface area (TPSA) is 94.3 Å². The Morgan fingerprint density at radius 2 is 1.96 bits per heavy atom. The third kappa shape index (κ3) is 4.45. The maximum atomic E-state index is 12.5. The molecule has 0 aliphatic carbocycles. The summed E-state index contributed by atoms with van der Waals surface area (Å²) in [6.45, 7) is 7.08. The Balaban J connectivity index is 1.68. The first-order valence-corrected chi connectivity index (χ1v) is 9.71. The van der Waals surface area contributed by atoms with Gasteiger partial charge in [-0.05, 0) is 32.8 Å². The van der Waals surface area contributed by atoms with Gasteiger partial charge in [-0.2, -0.15) is 0 Å². The van der Waals surface area contributed by atoms with Gasteiger partial charge in [-0.15, -0.1) is 11.3 Å². The van der Waals surface area contributed by atoms with Crippen LogP contribution in [-0.2, 0) is 16.0 Å². The lowest BCUT2D eigenvalue weighted by Gasteiger charge is -2.11. The van der Waals surface area contributed by atoms with Crippen molar-refractivity contribution in [2.45, 2.75) is 40.2 Å². The van der Waals surface area contributed by atoms with E-state index in [-0.39, 0.29) is 5.88 Å². The Hall–Kier alpha value is -3.00. The molecular formula is C20H21N3O4S. The van der Waals surface area contributed by atoms with Crippen LogP contribution in [-0.4, -0.2) is 28.1 Å². The van der Waals surface area contributed by atoms with Crippen LogP contribution < -0.4 is 5.32 Å². The highest BCUT2D eigenvalue weighted by Gasteiger charge is 2.24. The molecule has 3 aromatic rings. The number of hydrogen-bond donors (Lipinski definition) is 1. The molecule has 0 bridgehead atoms. The molecule has 1 atom stereocenters. The highest BCUT2D eigenvalue weighted by molar-refractivity contribution is 7.17. The Kier molecular flexibility index (Phi) is 5.89. The summed E-state index contributed by atoms with van der Waals surface area (Å²) in [6, 6.07) is 9.64. The van der Waals surface area contributed by atoms with Gasteiger partial charge in [0.15, 0.2) is 6.10 Å². The van der Waals surface area contributed by atoms with Crippen molar-refractivity contribution in [1.82, 2.24) is 10.1 Å². The summed E-state index contributed by atoms with van der Waals surface area (Å²) in [4.78, 5) is 29.5. The van der Waals surface area contributed by atoms with Crippen molar-refractivity contribution in [2.24, 2.45) is 0 Å². The zero-order chi connectivity index (χ0) is 20.3. The predicted octanol–water partition coefficient (Wildman–Crippen LogP) is 4.16. The molecule has 1 N–H and O–H groups in total. The molecule has 0 saturated heterocycles. The number of esters is 1. The first-order valence-electron chi connectivity index (χ1n) is 8.89. The second-order valence-corrected chi connectivity index (χ2v) is 7.35. The monoisotopic (exact) mass is 399 g/mol. The molecule has 0 fully saturated rings. The number of benzene rings is 1. The number of amides is 1. The van der Waals surface area contributed by atoms with Crippen LogP contribution in [0.3, 0.4) is 0 Å². The molecule has 0 saturated carbocycles. The van der Waals surface area contributed by atoms with E-state index in [2.05, 4.69) is 22.4 Å². The Labute approximate surface area is 166 Å². The molecule has 3 rings (SSSR count). The third-order valence-corrected chi connectivity index (χ3v) is 5.31. The van der Waals surface area contributed by atoms with Gasteiger partial charge in [0.05, 0.1) is 11.4 Å².